The number of halogens is 1. The van der Waals surface area contributed by atoms with Gasteiger partial charge in [-0.2, -0.15) is 0 Å². The average molecular weight is 282 g/mol. The topological polar surface area (TPSA) is 52.6 Å². The van der Waals surface area contributed by atoms with Gasteiger partial charge in [-0.15, -0.1) is 11.8 Å². The number of alkyl halides is 1. The molecule has 0 saturated heterocycles. The summed E-state index contributed by atoms with van der Waals surface area (Å²) in [6.07, 6.45) is 0.718. The number of rotatable bonds is 7. The fourth-order valence-electron chi connectivity index (χ4n) is 1.28. The molecular formula is C15H19FO4. The molecule has 110 valence electrons. The molecule has 0 aromatic carbocycles. The van der Waals surface area contributed by atoms with Crippen LogP contribution in [0.3, 0.4) is 0 Å². The molecule has 0 radical (unpaired) electrons. The zero-order valence-corrected chi connectivity index (χ0v) is 12.0. The lowest BCUT2D eigenvalue weighted by Crippen LogP contribution is -2.45. The van der Waals surface area contributed by atoms with Gasteiger partial charge < -0.3 is 9.47 Å². The Morgan fingerprint density at radius 3 is 1.85 bits per heavy atom. The second-order valence-electron chi connectivity index (χ2n) is 3.91. The van der Waals surface area contributed by atoms with Crippen molar-refractivity contribution in [2.45, 2.75) is 45.7 Å². The third-order valence-electron chi connectivity index (χ3n) is 2.43. The van der Waals surface area contributed by atoms with Gasteiger partial charge in [0.05, 0.1) is 0 Å². The Kier molecular flexibility index (Phi) is 8.87. The Labute approximate surface area is 119 Å². The van der Waals surface area contributed by atoms with E-state index in [1.807, 2.05) is 6.92 Å². The molecular weight excluding hydrogens is 263 g/mol. The Balaban J connectivity index is 4.83. The van der Waals surface area contributed by atoms with Crippen LogP contribution in [0.15, 0.2) is 0 Å². The summed E-state index contributed by atoms with van der Waals surface area (Å²) in [6.45, 7) is 4.43. The van der Waals surface area contributed by atoms with Gasteiger partial charge in [0.15, 0.2) is 13.2 Å². The van der Waals surface area contributed by atoms with Gasteiger partial charge >= 0.3 is 17.6 Å². The van der Waals surface area contributed by atoms with E-state index in [4.69, 9.17) is 0 Å². The van der Waals surface area contributed by atoms with Crippen LogP contribution in [-0.2, 0) is 19.1 Å². The molecule has 0 atom stereocenters. The molecule has 4 nitrogen and oxygen atoms in total. The van der Waals surface area contributed by atoms with E-state index in [2.05, 4.69) is 33.2 Å². The molecule has 5 heteroatoms. The highest BCUT2D eigenvalue weighted by Crippen LogP contribution is 2.23. The van der Waals surface area contributed by atoms with E-state index < -0.39 is 17.6 Å². The first-order valence-corrected chi connectivity index (χ1v) is 6.35. The number of unbranched alkanes of at least 4 members (excludes halogenated alkanes) is 1. The third kappa shape index (κ3) is 5.75. The molecule has 0 saturated carbocycles. The predicted octanol–water partition coefficient (Wildman–Crippen LogP) is 2.02. The summed E-state index contributed by atoms with van der Waals surface area (Å²) in [5.74, 6) is 7.42. The molecule has 0 aliphatic heterocycles. The van der Waals surface area contributed by atoms with Crippen LogP contribution in [0, 0.1) is 23.7 Å². The van der Waals surface area contributed by atoms with Gasteiger partial charge in [-0.1, -0.05) is 25.2 Å². The van der Waals surface area contributed by atoms with Crippen molar-refractivity contribution in [1.82, 2.24) is 0 Å². The fourth-order valence-corrected chi connectivity index (χ4v) is 1.28. The van der Waals surface area contributed by atoms with Crippen molar-refractivity contribution in [2.24, 2.45) is 0 Å². The lowest BCUT2D eigenvalue weighted by atomic mass is 9.99. The molecule has 0 amide bonds. The van der Waals surface area contributed by atoms with Gasteiger partial charge in [-0.3, -0.25) is 0 Å². The highest BCUT2D eigenvalue weighted by atomic mass is 19.1. The van der Waals surface area contributed by atoms with Gasteiger partial charge in [0.2, 0.25) is 0 Å². The first-order chi connectivity index (χ1) is 9.52. The van der Waals surface area contributed by atoms with Crippen LogP contribution in [0.4, 0.5) is 4.39 Å². The maximum absolute atomic E-state index is 14.6. The summed E-state index contributed by atoms with van der Waals surface area (Å²) in [6, 6.07) is 0. The molecule has 0 unspecified atom stereocenters. The van der Waals surface area contributed by atoms with Crippen LogP contribution in [0.2, 0.25) is 0 Å². The number of hydrogen-bond acceptors (Lipinski definition) is 4. The second-order valence-corrected chi connectivity index (χ2v) is 3.91. The first-order valence-electron chi connectivity index (χ1n) is 6.35. The molecule has 0 fully saturated rings. The van der Waals surface area contributed by atoms with Crippen LogP contribution < -0.4 is 0 Å². The summed E-state index contributed by atoms with van der Waals surface area (Å²) < 4.78 is 23.9. The summed E-state index contributed by atoms with van der Waals surface area (Å²) in [5, 5.41) is 0. The largest absolute Gasteiger partial charge is 0.450 e. The second kappa shape index (κ2) is 9.86. The van der Waals surface area contributed by atoms with Crippen molar-refractivity contribution >= 4 is 11.9 Å². The zero-order chi connectivity index (χ0) is 15.4. The number of ether oxygens (including phenoxy) is 2. The maximum atomic E-state index is 14.6. The maximum Gasteiger partial charge on any atom is 0.356 e. The monoisotopic (exact) mass is 282 g/mol. The lowest BCUT2D eigenvalue weighted by Gasteiger charge is -2.20. The Morgan fingerprint density at radius 1 is 1.05 bits per heavy atom. The minimum atomic E-state index is -2.79. The smallest absolute Gasteiger partial charge is 0.356 e. The summed E-state index contributed by atoms with van der Waals surface area (Å²) in [7, 11) is 0. The van der Waals surface area contributed by atoms with E-state index >= 15 is 0 Å². The van der Waals surface area contributed by atoms with Crippen LogP contribution in [0.1, 0.15) is 40.0 Å². The van der Waals surface area contributed by atoms with E-state index in [9.17, 15) is 14.0 Å². The zero-order valence-electron chi connectivity index (χ0n) is 12.0. The molecule has 0 heterocycles. The number of carbonyl (C=O) groups is 2. The van der Waals surface area contributed by atoms with E-state index in [1.54, 1.807) is 13.8 Å². The van der Waals surface area contributed by atoms with Crippen molar-refractivity contribution in [1.29, 1.82) is 0 Å². The van der Waals surface area contributed by atoms with Crippen LogP contribution in [0.5, 0.6) is 0 Å². The molecule has 20 heavy (non-hydrogen) atoms. The fraction of sp³-hybridized carbons (Fsp3) is 0.600. The molecule has 0 aromatic rings. The van der Waals surface area contributed by atoms with E-state index in [0.29, 0.717) is 12.8 Å². The minimum absolute atomic E-state index is 0.255. The number of hydrogen-bond donors (Lipinski definition) is 0. The number of carbonyl (C=O) groups excluding carboxylic acids is 2. The minimum Gasteiger partial charge on any atom is -0.450 e. The molecule has 0 N–H and O–H groups in total. The van der Waals surface area contributed by atoms with Crippen molar-refractivity contribution in [3.05, 3.63) is 0 Å². The van der Waals surface area contributed by atoms with Crippen LogP contribution in [-0.4, -0.2) is 30.8 Å². The van der Waals surface area contributed by atoms with E-state index in [0.717, 1.165) is 0 Å². The standard InChI is InChI=1S/C15H19FO4/c1-4-7-10-15(16,13(17)19-11-8-5-2)14(18)20-12-9-6-3/h4,7,10-12H2,1-3H3. The lowest BCUT2D eigenvalue weighted by molar-refractivity contribution is -0.174. The summed E-state index contributed by atoms with van der Waals surface area (Å²) in [4.78, 5) is 23.4. The van der Waals surface area contributed by atoms with Crippen LogP contribution in [0.25, 0.3) is 0 Å². The first kappa shape index (κ1) is 18.0. The molecule has 0 aliphatic rings. The highest BCUT2D eigenvalue weighted by molar-refractivity contribution is 6.03. The quantitative estimate of drug-likeness (QED) is 0.407. The molecule has 0 rings (SSSR count). The van der Waals surface area contributed by atoms with Crippen molar-refractivity contribution < 1.29 is 23.5 Å². The number of esters is 2. The van der Waals surface area contributed by atoms with Gasteiger partial charge in [0.1, 0.15) is 0 Å². The third-order valence-corrected chi connectivity index (χ3v) is 2.43. The summed E-state index contributed by atoms with van der Waals surface area (Å²) in [5.41, 5.74) is -2.79. The van der Waals surface area contributed by atoms with Crippen molar-refractivity contribution in [3.8, 4) is 23.7 Å². The van der Waals surface area contributed by atoms with Crippen LogP contribution >= 0.6 is 0 Å². The van der Waals surface area contributed by atoms with E-state index in [1.165, 1.54) is 0 Å². The van der Waals surface area contributed by atoms with Crippen molar-refractivity contribution in [2.75, 3.05) is 13.2 Å². The van der Waals surface area contributed by atoms with Crippen molar-refractivity contribution in [3.63, 3.8) is 0 Å². The van der Waals surface area contributed by atoms with Gasteiger partial charge in [0.25, 0.3) is 0 Å². The average Bonchev–Trinajstić information content (AvgIpc) is 2.44. The molecule has 0 spiro atoms. The Bertz CT molecular complexity index is 412. The van der Waals surface area contributed by atoms with E-state index in [-0.39, 0.29) is 19.6 Å². The Morgan fingerprint density at radius 2 is 1.50 bits per heavy atom. The van der Waals surface area contributed by atoms with Gasteiger partial charge in [0, 0.05) is 6.42 Å². The Hall–Kier alpha value is -2.01. The van der Waals surface area contributed by atoms with Gasteiger partial charge in [-0.25, -0.2) is 14.0 Å². The predicted molar refractivity (Wildman–Crippen MR) is 72.2 cm³/mol. The highest BCUT2D eigenvalue weighted by Gasteiger charge is 2.49. The SMILES string of the molecule is CC#CCOC(=O)C(F)(CCCC)C(=O)OCC#CC. The molecule has 0 bridgehead atoms. The summed E-state index contributed by atoms with van der Waals surface area (Å²) >= 11 is 0. The molecule has 0 aromatic heterocycles. The normalized spacial score (nSPS) is 9.60. The molecule has 0 aliphatic carbocycles. The van der Waals surface area contributed by atoms with Gasteiger partial charge in [-0.05, 0) is 20.3 Å².